The Balaban J connectivity index is 2.12. The van der Waals surface area contributed by atoms with E-state index in [0.29, 0.717) is 16.3 Å². The second-order valence-corrected chi connectivity index (χ2v) is 9.21. The van der Waals surface area contributed by atoms with Gasteiger partial charge in [-0.05, 0) is 34.5 Å². The molecule has 3 rings (SSSR count). The van der Waals surface area contributed by atoms with Crippen LogP contribution in [0.1, 0.15) is 28.0 Å². The van der Waals surface area contributed by atoms with Gasteiger partial charge in [0, 0.05) is 32.9 Å². The van der Waals surface area contributed by atoms with Crippen molar-refractivity contribution in [3.8, 4) is 0 Å². The fourth-order valence-electron chi connectivity index (χ4n) is 3.18. The lowest BCUT2D eigenvalue weighted by atomic mass is 9.86. The lowest BCUT2D eigenvalue weighted by Gasteiger charge is -2.25. The molecule has 0 aliphatic heterocycles. The van der Waals surface area contributed by atoms with Crippen LogP contribution in [0.15, 0.2) is 48.9 Å². The van der Waals surface area contributed by atoms with Crippen molar-refractivity contribution in [2.45, 2.75) is 12.0 Å². The number of fused-ring (bicyclic) bond motifs is 1. The topological polar surface area (TPSA) is 142 Å². The van der Waals surface area contributed by atoms with Crippen LogP contribution in [0.4, 0.5) is 0 Å². The number of hydrogen-bond acceptors (Lipinski definition) is 6. The monoisotopic (exact) mass is 446 g/mol. The summed E-state index contributed by atoms with van der Waals surface area (Å²) in [6.07, 6.45) is 1.37. The zero-order valence-electron chi connectivity index (χ0n) is 17.1. The molecule has 10 nitrogen and oxygen atoms in total. The highest BCUT2D eigenvalue weighted by atomic mass is 32.2. The van der Waals surface area contributed by atoms with Gasteiger partial charge in [0.15, 0.2) is 0 Å². The van der Waals surface area contributed by atoms with Crippen molar-refractivity contribution >= 4 is 32.9 Å². The summed E-state index contributed by atoms with van der Waals surface area (Å²) in [5.41, 5.74) is -1.52. The van der Waals surface area contributed by atoms with Crippen LogP contribution in [0.5, 0.6) is 0 Å². The van der Waals surface area contributed by atoms with E-state index in [9.17, 15) is 28.2 Å². The maximum atomic E-state index is 12.3. The zero-order valence-corrected chi connectivity index (χ0v) is 17.9. The van der Waals surface area contributed by atoms with Crippen molar-refractivity contribution < 1.29 is 28.2 Å². The van der Waals surface area contributed by atoms with E-state index in [2.05, 4.69) is 10.3 Å². The summed E-state index contributed by atoms with van der Waals surface area (Å²) in [5.74, 6) is -1.54. The molecule has 31 heavy (non-hydrogen) atoms. The molecular weight excluding hydrogens is 424 g/mol. The summed E-state index contributed by atoms with van der Waals surface area (Å²) >= 11 is 0. The average molecular weight is 446 g/mol. The number of aliphatic carboxylic acids is 1. The number of hydrogen-bond donors (Lipinski definition) is 3. The minimum atomic E-state index is -3.89. The molecule has 11 heteroatoms. The Hall–Kier alpha value is -3.28. The third kappa shape index (κ3) is 4.15. The first-order valence-corrected chi connectivity index (χ1v) is 10.6. The van der Waals surface area contributed by atoms with Crippen LogP contribution < -0.4 is 5.32 Å². The van der Waals surface area contributed by atoms with Crippen molar-refractivity contribution in [2.24, 2.45) is 0 Å². The van der Waals surface area contributed by atoms with E-state index in [1.165, 1.54) is 27.2 Å². The van der Waals surface area contributed by atoms with E-state index in [-0.39, 0.29) is 17.2 Å². The van der Waals surface area contributed by atoms with Crippen LogP contribution >= 0.6 is 0 Å². The van der Waals surface area contributed by atoms with Gasteiger partial charge in [-0.2, -0.15) is 12.7 Å². The number of aromatic nitrogens is 2. The smallest absolute Gasteiger partial charge is 0.308 e. The number of imidazole rings is 1. The first kappa shape index (κ1) is 22.4. The van der Waals surface area contributed by atoms with E-state index in [1.807, 2.05) is 0 Å². The number of benzene rings is 2. The van der Waals surface area contributed by atoms with E-state index in [1.54, 1.807) is 30.3 Å². The Morgan fingerprint density at radius 3 is 2.42 bits per heavy atom. The minimum absolute atomic E-state index is 0.123. The summed E-state index contributed by atoms with van der Waals surface area (Å²) in [6.45, 7) is 0. The molecule has 164 valence electrons. The van der Waals surface area contributed by atoms with Gasteiger partial charge in [0.25, 0.3) is 5.91 Å². The average Bonchev–Trinajstić information content (AvgIpc) is 3.23. The highest BCUT2D eigenvalue weighted by molar-refractivity contribution is 7.87. The molecule has 1 aromatic heterocycles. The Morgan fingerprint density at radius 2 is 1.81 bits per heavy atom. The van der Waals surface area contributed by atoms with Crippen molar-refractivity contribution in [1.82, 2.24) is 18.6 Å². The molecular formula is C20H22N4O6S. The van der Waals surface area contributed by atoms with Gasteiger partial charge in [0.05, 0.1) is 12.1 Å². The van der Waals surface area contributed by atoms with Crippen LogP contribution in [0.25, 0.3) is 10.8 Å². The molecule has 3 N–H and O–H groups in total. The third-order valence-electron chi connectivity index (χ3n) is 4.93. The second-order valence-electron chi connectivity index (χ2n) is 7.17. The highest BCUT2D eigenvalue weighted by Crippen LogP contribution is 2.34. The van der Waals surface area contributed by atoms with Gasteiger partial charge in [-0.1, -0.05) is 18.2 Å². The van der Waals surface area contributed by atoms with Gasteiger partial charge in [-0.25, -0.2) is 8.96 Å². The Labute approximate surface area is 178 Å². The Morgan fingerprint density at radius 1 is 1.16 bits per heavy atom. The van der Waals surface area contributed by atoms with Gasteiger partial charge in [-0.15, -0.1) is 0 Å². The molecule has 3 aromatic rings. The van der Waals surface area contributed by atoms with Gasteiger partial charge >= 0.3 is 16.2 Å². The molecule has 0 spiro atoms. The summed E-state index contributed by atoms with van der Waals surface area (Å²) < 4.78 is 26.4. The largest absolute Gasteiger partial charge is 0.481 e. The first-order chi connectivity index (χ1) is 14.5. The first-order valence-electron chi connectivity index (χ1n) is 9.17. The van der Waals surface area contributed by atoms with E-state index >= 15 is 0 Å². The summed E-state index contributed by atoms with van der Waals surface area (Å²) in [5, 5.41) is 24.7. The number of carbonyl (C=O) groups excluding carboxylic acids is 1. The van der Waals surface area contributed by atoms with Crippen LogP contribution in [0.2, 0.25) is 0 Å². The second kappa shape index (κ2) is 8.10. The van der Waals surface area contributed by atoms with Gasteiger partial charge < -0.3 is 15.5 Å². The molecule has 1 atom stereocenters. The summed E-state index contributed by atoms with van der Waals surface area (Å²) in [7, 11) is 0.323. The Bertz CT molecular complexity index is 1270. The number of carboxylic acid groups (broad SMARTS) is 1. The van der Waals surface area contributed by atoms with Crippen molar-refractivity contribution in [3.05, 3.63) is 65.7 Å². The molecule has 0 aliphatic carbocycles. The highest BCUT2D eigenvalue weighted by Gasteiger charge is 2.37. The predicted molar refractivity (Wildman–Crippen MR) is 113 cm³/mol. The minimum Gasteiger partial charge on any atom is -0.481 e. The zero-order chi connectivity index (χ0) is 23.0. The maximum absolute atomic E-state index is 12.3. The number of rotatable bonds is 7. The van der Waals surface area contributed by atoms with Gasteiger partial charge in [0.2, 0.25) is 0 Å². The number of nitrogens with one attached hydrogen (secondary N) is 1. The number of carbonyl (C=O) groups is 2. The quantitative estimate of drug-likeness (QED) is 0.486. The van der Waals surface area contributed by atoms with Crippen LogP contribution in [-0.2, 0) is 20.6 Å². The van der Waals surface area contributed by atoms with Gasteiger partial charge in [-0.3, -0.25) is 9.59 Å². The number of amides is 1. The molecule has 0 saturated heterocycles. The van der Waals surface area contributed by atoms with Crippen LogP contribution in [0, 0.1) is 0 Å². The third-order valence-corrected chi connectivity index (χ3v) is 6.58. The number of nitrogens with zero attached hydrogens (tertiary/aromatic N) is 3. The lowest BCUT2D eigenvalue weighted by Crippen LogP contribution is -2.31. The molecule has 0 aliphatic rings. The predicted octanol–water partition coefficient (Wildman–Crippen LogP) is 0.761. The number of aliphatic hydroxyl groups is 1. The normalized spacial score (nSPS) is 13.8. The van der Waals surface area contributed by atoms with E-state index in [0.717, 1.165) is 20.8 Å². The fraction of sp³-hybridized carbons (Fsp3) is 0.250. The molecule has 0 radical (unpaired) electrons. The molecule has 0 bridgehead atoms. The lowest BCUT2D eigenvalue weighted by molar-refractivity contribution is -0.141. The molecule has 1 amide bonds. The maximum Gasteiger partial charge on any atom is 0.308 e. The standard InChI is InChI=1S/C20H22N4O6S/c1-21-19(27)15-5-4-14-9-16(7-6-13(14)8-15)20(28,10-18(25)26)17-11-24(12-22-17)31(29,30)23(2)3/h4-9,11-12,28H,10H2,1-3H3,(H,21,27)(H,25,26)/t20-/m0/s1. The van der Waals surface area contributed by atoms with E-state index in [4.69, 9.17) is 0 Å². The fourth-order valence-corrected chi connectivity index (χ4v) is 3.96. The van der Waals surface area contributed by atoms with Crippen LogP contribution in [0.3, 0.4) is 0 Å². The van der Waals surface area contributed by atoms with Crippen LogP contribution in [-0.4, -0.2) is 64.9 Å². The molecule has 2 aromatic carbocycles. The van der Waals surface area contributed by atoms with Gasteiger partial charge in [0.1, 0.15) is 11.9 Å². The van der Waals surface area contributed by atoms with Crippen molar-refractivity contribution in [1.29, 1.82) is 0 Å². The van der Waals surface area contributed by atoms with E-state index < -0.39 is 28.2 Å². The summed E-state index contributed by atoms with van der Waals surface area (Å²) in [4.78, 5) is 27.4. The van der Waals surface area contributed by atoms with Crippen molar-refractivity contribution in [2.75, 3.05) is 21.1 Å². The molecule has 0 unspecified atom stereocenters. The summed E-state index contributed by atoms with van der Waals surface area (Å²) in [6, 6.07) is 9.73. The molecule has 1 heterocycles. The Kier molecular flexibility index (Phi) is 5.85. The molecule has 0 fully saturated rings. The SMILES string of the molecule is CNC(=O)c1ccc2cc([C@@](O)(CC(=O)O)c3cn(S(=O)(=O)N(C)C)cn3)ccc2c1. The van der Waals surface area contributed by atoms with Crippen molar-refractivity contribution in [3.63, 3.8) is 0 Å². The number of carboxylic acids is 1. The molecule has 0 saturated carbocycles.